The van der Waals surface area contributed by atoms with E-state index in [0.29, 0.717) is 5.92 Å². The molecule has 2 nitrogen and oxygen atoms in total. The Morgan fingerprint density at radius 1 is 0.562 bits per heavy atom. The summed E-state index contributed by atoms with van der Waals surface area (Å²) in [7, 11) is 0. The standard InChI is InChI=1S/C30H49N2/c1-3-5-7-9-11-13-15-17-19-27(20-18-16-14-12-10-8-6-4-2)28-21-23-29(24-22-28)30-31-25-26-32-30/h21-27H,3-20H2,1-2H3/q+1. The average molecular weight is 438 g/mol. The highest BCUT2D eigenvalue weighted by atomic mass is 15.0. The molecule has 1 aliphatic heterocycles. The van der Waals surface area contributed by atoms with Crippen molar-refractivity contribution in [1.82, 2.24) is 0 Å². The molecular formula is C30H49N2+. The summed E-state index contributed by atoms with van der Waals surface area (Å²) < 4.78 is 0. The first-order valence-corrected chi connectivity index (χ1v) is 13.9. The number of hydrogen-bond acceptors (Lipinski definition) is 2. The molecule has 0 saturated carbocycles. The second-order valence-electron chi connectivity index (χ2n) is 9.73. The van der Waals surface area contributed by atoms with E-state index in [2.05, 4.69) is 48.1 Å². The fourth-order valence-electron chi connectivity index (χ4n) is 4.82. The molecular weight excluding hydrogens is 388 g/mol. The minimum Gasteiger partial charge on any atom is -0.147 e. The Hall–Kier alpha value is -1.57. The normalized spacial score (nSPS) is 13.0. The van der Waals surface area contributed by atoms with E-state index in [9.17, 15) is 0 Å². The lowest BCUT2D eigenvalue weighted by Gasteiger charge is -2.17. The minimum atomic E-state index is 0.713. The fourth-order valence-corrected chi connectivity index (χ4v) is 4.82. The molecule has 1 aromatic rings. The summed E-state index contributed by atoms with van der Waals surface area (Å²) >= 11 is 0. The first-order valence-electron chi connectivity index (χ1n) is 13.9. The lowest BCUT2D eigenvalue weighted by Crippen LogP contribution is -2.01. The maximum atomic E-state index is 4.34. The van der Waals surface area contributed by atoms with Crippen molar-refractivity contribution in [3.63, 3.8) is 0 Å². The number of benzene rings is 1. The molecule has 32 heavy (non-hydrogen) atoms. The van der Waals surface area contributed by atoms with Crippen molar-refractivity contribution in [3.05, 3.63) is 41.6 Å². The van der Waals surface area contributed by atoms with Crippen molar-refractivity contribution in [2.75, 3.05) is 0 Å². The number of unbranched alkanes of at least 4 members (excludes halogenated alkanes) is 14. The fraction of sp³-hybridized carbons (Fsp3) is 0.700. The topological polar surface area (TPSA) is 24.7 Å². The number of aliphatic imine (C=N–C) groups is 2. The lowest BCUT2D eigenvalue weighted by atomic mass is 9.87. The molecule has 0 saturated heterocycles. The summed E-state index contributed by atoms with van der Waals surface area (Å²) in [6.45, 7) is 4.60. The predicted molar refractivity (Wildman–Crippen MR) is 143 cm³/mol. The Labute approximate surface area is 199 Å². The summed E-state index contributed by atoms with van der Waals surface area (Å²) in [5.74, 6) is 0.713. The van der Waals surface area contributed by atoms with Gasteiger partial charge in [0.05, 0.1) is 0 Å². The molecule has 1 heterocycles. The molecule has 0 aromatic heterocycles. The number of hydrogen-bond donors (Lipinski definition) is 0. The van der Waals surface area contributed by atoms with Gasteiger partial charge in [0.2, 0.25) is 6.17 Å². The zero-order valence-corrected chi connectivity index (χ0v) is 21.2. The van der Waals surface area contributed by atoms with E-state index < -0.39 is 0 Å². The van der Waals surface area contributed by atoms with Crippen molar-refractivity contribution in [3.8, 4) is 0 Å². The van der Waals surface area contributed by atoms with Crippen LogP contribution in [0.1, 0.15) is 146 Å². The number of nitrogens with zero attached hydrogens (tertiary/aromatic N) is 2. The highest BCUT2D eigenvalue weighted by molar-refractivity contribution is 6.18. The van der Waals surface area contributed by atoms with Gasteiger partial charge in [-0.3, -0.25) is 0 Å². The smallest absolute Gasteiger partial charge is 0.147 e. The van der Waals surface area contributed by atoms with Gasteiger partial charge in [-0.15, -0.1) is 9.98 Å². The molecule has 2 rings (SSSR count). The van der Waals surface area contributed by atoms with Gasteiger partial charge >= 0.3 is 0 Å². The molecule has 178 valence electrons. The Kier molecular flexibility index (Phi) is 14.9. The van der Waals surface area contributed by atoms with Gasteiger partial charge in [0.15, 0.2) is 0 Å². The summed E-state index contributed by atoms with van der Waals surface area (Å²) in [5, 5.41) is 0. The first kappa shape index (κ1) is 26.7. The van der Waals surface area contributed by atoms with Crippen LogP contribution in [0.3, 0.4) is 0 Å². The van der Waals surface area contributed by atoms with Gasteiger partial charge in [-0.05, 0) is 36.5 Å². The van der Waals surface area contributed by atoms with Gasteiger partial charge in [-0.2, -0.15) is 0 Å². The SMILES string of the molecule is CCCCCCCCCCC(CCCCCCCCCC)c1ccc([C+]2N=CC=N2)cc1. The summed E-state index contributed by atoms with van der Waals surface area (Å²) in [6, 6.07) is 9.12. The Bertz CT molecular complexity index is 584. The molecule has 2 heteroatoms. The van der Waals surface area contributed by atoms with Crippen molar-refractivity contribution in [2.24, 2.45) is 9.98 Å². The second kappa shape index (κ2) is 17.9. The van der Waals surface area contributed by atoms with Crippen LogP contribution in [0.15, 0.2) is 34.3 Å². The highest BCUT2D eigenvalue weighted by Crippen LogP contribution is 2.30. The molecule has 0 radical (unpaired) electrons. The molecule has 1 aromatic carbocycles. The first-order chi connectivity index (χ1) is 15.8. The molecule has 1 aliphatic rings. The van der Waals surface area contributed by atoms with E-state index in [1.165, 1.54) is 121 Å². The summed E-state index contributed by atoms with van der Waals surface area (Å²) in [5.41, 5.74) is 2.66. The number of rotatable bonds is 20. The van der Waals surface area contributed by atoms with Crippen LogP contribution >= 0.6 is 0 Å². The zero-order valence-electron chi connectivity index (χ0n) is 21.2. The molecule has 0 aliphatic carbocycles. The van der Waals surface area contributed by atoms with Gasteiger partial charge in [0, 0.05) is 12.1 Å². The predicted octanol–water partition coefficient (Wildman–Crippen LogP) is 9.82. The quantitative estimate of drug-likeness (QED) is 0.143. The molecule has 0 spiro atoms. The molecule has 0 unspecified atom stereocenters. The second-order valence-corrected chi connectivity index (χ2v) is 9.73. The monoisotopic (exact) mass is 437 g/mol. The van der Waals surface area contributed by atoms with Crippen LogP contribution in [0.25, 0.3) is 0 Å². The van der Waals surface area contributed by atoms with Crippen LogP contribution in [0, 0.1) is 6.17 Å². The van der Waals surface area contributed by atoms with Gasteiger partial charge in [-0.25, -0.2) is 0 Å². The van der Waals surface area contributed by atoms with Crippen LogP contribution in [0.4, 0.5) is 0 Å². The Morgan fingerprint density at radius 2 is 0.969 bits per heavy atom. The molecule has 0 bridgehead atoms. The minimum absolute atomic E-state index is 0.713. The summed E-state index contributed by atoms with van der Waals surface area (Å²) in [4.78, 5) is 8.69. The van der Waals surface area contributed by atoms with Gasteiger partial charge in [0.25, 0.3) is 0 Å². The van der Waals surface area contributed by atoms with E-state index in [1.807, 2.05) is 0 Å². The van der Waals surface area contributed by atoms with Crippen LogP contribution < -0.4 is 0 Å². The van der Waals surface area contributed by atoms with E-state index in [1.54, 1.807) is 12.4 Å². The van der Waals surface area contributed by atoms with Gasteiger partial charge in [-0.1, -0.05) is 117 Å². The largest absolute Gasteiger partial charge is 0.243 e. The van der Waals surface area contributed by atoms with Crippen molar-refractivity contribution < 1.29 is 0 Å². The lowest BCUT2D eigenvalue weighted by molar-refractivity contribution is 0.482. The van der Waals surface area contributed by atoms with Gasteiger partial charge < -0.3 is 0 Å². The van der Waals surface area contributed by atoms with E-state index >= 15 is 0 Å². The maximum absolute atomic E-state index is 4.34. The molecule has 0 N–H and O–H groups in total. The Balaban J connectivity index is 1.74. The van der Waals surface area contributed by atoms with Crippen LogP contribution in [-0.4, -0.2) is 12.4 Å². The van der Waals surface area contributed by atoms with Crippen LogP contribution in [0.2, 0.25) is 0 Å². The van der Waals surface area contributed by atoms with Crippen LogP contribution in [-0.2, 0) is 0 Å². The Morgan fingerprint density at radius 3 is 1.41 bits per heavy atom. The van der Waals surface area contributed by atoms with Crippen molar-refractivity contribution in [1.29, 1.82) is 0 Å². The van der Waals surface area contributed by atoms with E-state index in [4.69, 9.17) is 0 Å². The average Bonchev–Trinajstić information content (AvgIpc) is 3.36. The van der Waals surface area contributed by atoms with Crippen molar-refractivity contribution in [2.45, 2.75) is 135 Å². The zero-order chi connectivity index (χ0) is 22.7. The molecule has 0 fully saturated rings. The van der Waals surface area contributed by atoms with Crippen LogP contribution in [0.5, 0.6) is 0 Å². The third-order valence-electron chi connectivity index (χ3n) is 6.91. The van der Waals surface area contributed by atoms with E-state index in [0.717, 1.165) is 11.7 Å². The summed E-state index contributed by atoms with van der Waals surface area (Å²) in [6.07, 6.45) is 29.6. The van der Waals surface area contributed by atoms with E-state index in [-0.39, 0.29) is 0 Å². The van der Waals surface area contributed by atoms with Gasteiger partial charge in [0.1, 0.15) is 18.0 Å². The third-order valence-corrected chi connectivity index (χ3v) is 6.91. The maximum Gasteiger partial charge on any atom is 0.243 e. The molecule has 0 atom stereocenters. The third kappa shape index (κ3) is 11.3. The highest BCUT2D eigenvalue weighted by Gasteiger charge is 2.19. The molecule has 0 amide bonds. The van der Waals surface area contributed by atoms with Crippen molar-refractivity contribution >= 4 is 12.4 Å².